The number of carboxylic acids is 1. The van der Waals surface area contributed by atoms with E-state index in [1.54, 1.807) is 18.2 Å². The minimum atomic E-state index is -1.15. The van der Waals surface area contributed by atoms with E-state index in [-0.39, 0.29) is 17.9 Å². The van der Waals surface area contributed by atoms with Crippen LogP contribution in [0.5, 0.6) is 11.5 Å². The predicted molar refractivity (Wildman–Crippen MR) is 80.4 cm³/mol. The fourth-order valence-electron chi connectivity index (χ4n) is 1.83. The number of hydrogen-bond donors (Lipinski definition) is 1. The second kappa shape index (κ2) is 6.76. The first-order valence-electron chi connectivity index (χ1n) is 6.70. The Bertz CT molecular complexity index is 706. The molecule has 0 fully saturated rings. The van der Waals surface area contributed by atoms with Gasteiger partial charge in [-0.2, -0.15) is 0 Å². The lowest BCUT2D eigenvalue weighted by Crippen LogP contribution is -2.19. The molecule has 0 atom stereocenters. The normalized spacial score (nSPS) is 10.1. The van der Waals surface area contributed by atoms with Gasteiger partial charge in [-0.15, -0.1) is 0 Å². The van der Waals surface area contributed by atoms with Crippen molar-refractivity contribution >= 4 is 11.9 Å². The number of aromatic carboxylic acids is 1. The number of benzene rings is 2. The standard InChI is InChI=1S/C17H16O5/c1-11-7-8-13(9-12(11)2)21-10-16(18)22-15-6-4-3-5-14(15)17(19)20/h3-9H,10H2,1-2H3,(H,19,20). The molecule has 5 heteroatoms. The number of carboxylic acid groups (broad SMARTS) is 1. The summed E-state index contributed by atoms with van der Waals surface area (Å²) < 4.78 is 10.4. The third-order valence-corrected chi connectivity index (χ3v) is 3.18. The van der Waals surface area contributed by atoms with E-state index in [9.17, 15) is 9.59 Å². The molecule has 0 aromatic heterocycles. The van der Waals surface area contributed by atoms with Crippen molar-refractivity contribution in [3.63, 3.8) is 0 Å². The van der Waals surface area contributed by atoms with Gasteiger partial charge >= 0.3 is 11.9 Å². The zero-order chi connectivity index (χ0) is 16.1. The fourth-order valence-corrected chi connectivity index (χ4v) is 1.83. The molecule has 0 aliphatic carbocycles. The number of aryl methyl sites for hydroxylation is 2. The summed E-state index contributed by atoms with van der Waals surface area (Å²) in [5.41, 5.74) is 2.12. The highest BCUT2D eigenvalue weighted by Crippen LogP contribution is 2.19. The van der Waals surface area contributed by atoms with Gasteiger partial charge in [0, 0.05) is 0 Å². The Labute approximate surface area is 128 Å². The molecule has 0 radical (unpaired) electrons. The van der Waals surface area contributed by atoms with E-state index in [1.807, 2.05) is 26.0 Å². The summed E-state index contributed by atoms with van der Waals surface area (Å²) in [6.07, 6.45) is 0. The Kier molecular flexibility index (Phi) is 4.78. The minimum Gasteiger partial charge on any atom is -0.482 e. The van der Waals surface area contributed by atoms with Crippen LogP contribution in [0.3, 0.4) is 0 Å². The lowest BCUT2D eigenvalue weighted by molar-refractivity contribution is -0.136. The van der Waals surface area contributed by atoms with E-state index in [0.29, 0.717) is 5.75 Å². The van der Waals surface area contributed by atoms with Crippen molar-refractivity contribution in [3.8, 4) is 11.5 Å². The maximum absolute atomic E-state index is 11.8. The predicted octanol–water partition coefficient (Wildman–Crippen LogP) is 2.99. The average Bonchev–Trinajstić information content (AvgIpc) is 2.49. The molecule has 0 heterocycles. The minimum absolute atomic E-state index is 0.00341. The second-order valence-corrected chi connectivity index (χ2v) is 4.81. The largest absolute Gasteiger partial charge is 0.482 e. The van der Waals surface area contributed by atoms with Gasteiger partial charge < -0.3 is 14.6 Å². The zero-order valence-electron chi connectivity index (χ0n) is 12.3. The molecular formula is C17H16O5. The Hall–Kier alpha value is -2.82. The van der Waals surface area contributed by atoms with Crippen LogP contribution < -0.4 is 9.47 Å². The number of esters is 1. The van der Waals surface area contributed by atoms with Gasteiger partial charge in [0.15, 0.2) is 6.61 Å². The first-order valence-corrected chi connectivity index (χ1v) is 6.70. The van der Waals surface area contributed by atoms with Gasteiger partial charge in [-0.1, -0.05) is 18.2 Å². The second-order valence-electron chi connectivity index (χ2n) is 4.81. The fraction of sp³-hybridized carbons (Fsp3) is 0.176. The van der Waals surface area contributed by atoms with E-state index in [4.69, 9.17) is 14.6 Å². The van der Waals surface area contributed by atoms with Crippen LogP contribution in [0.25, 0.3) is 0 Å². The molecule has 0 aliphatic heterocycles. The topological polar surface area (TPSA) is 72.8 Å². The van der Waals surface area contributed by atoms with Gasteiger partial charge in [0.25, 0.3) is 0 Å². The van der Waals surface area contributed by atoms with E-state index in [1.165, 1.54) is 12.1 Å². The van der Waals surface area contributed by atoms with E-state index in [2.05, 4.69) is 0 Å². The average molecular weight is 300 g/mol. The molecule has 0 saturated heterocycles. The monoisotopic (exact) mass is 300 g/mol. The number of carbonyl (C=O) groups excluding carboxylic acids is 1. The number of hydrogen-bond acceptors (Lipinski definition) is 4. The molecule has 0 unspecified atom stereocenters. The van der Waals surface area contributed by atoms with Crippen molar-refractivity contribution in [2.45, 2.75) is 13.8 Å². The number of para-hydroxylation sites is 1. The quantitative estimate of drug-likeness (QED) is 0.679. The van der Waals surface area contributed by atoms with Crippen molar-refractivity contribution in [2.75, 3.05) is 6.61 Å². The zero-order valence-corrected chi connectivity index (χ0v) is 12.3. The van der Waals surface area contributed by atoms with Gasteiger partial charge in [0.1, 0.15) is 17.1 Å². The smallest absolute Gasteiger partial charge is 0.349 e. The SMILES string of the molecule is Cc1ccc(OCC(=O)Oc2ccccc2C(=O)O)cc1C. The lowest BCUT2D eigenvalue weighted by Gasteiger charge is -2.09. The molecule has 5 nitrogen and oxygen atoms in total. The summed E-state index contributed by atoms with van der Waals surface area (Å²) in [6, 6.07) is 11.4. The molecule has 0 amide bonds. The first-order chi connectivity index (χ1) is 10.5. The highest BCUT2D eigenvalue weighted by Gasteiger charge is 2.14. The molecule has 114 valence electrons. The summed E-state index contributed by atoms with van der Waals surface area (Å²) >= 11 is 0. The first kappa shape index (κ1) is 15.6. The maximum atomic E-state index is 11.8. The Morgan fingerprint density at radius 1 is 1.05 bits per heavy atom. The summed E-state index contributed by atoms with van der Waals surface area (Å²) in [7, 11) is 0. The summed E-state index contributed by atoms with van der Waals surface area (Å²) in [6.45, 7) is 3.64. The van der Waals surface area contributed by atoms with Crippen molar-refractivity contribution in [1.82, 2.24) is 0 Å². The van der Waals surface area contributed by atoms with Gasteiger partial charge in [0.05, 0.1) is 0 Å². The summed E-state index contributed by atoms with van der Waals surface area (Å²) in [4.78, 5) is 22.8. The van der Waals surface area contributed by atoms with Gasteiger partial charge in [-0.05, 0) is 49.2 Å². The van der Waals surface area contributed by atoms with Crippen molar-refractivity contribution in [3.05, 3.63) is 59.2 Å². The van der Waals surface area contributed by atoms with Crippen LogP contribution in [0.2, 0.25) is 0 Å². The molecule has 1 N–H and O–H groups in total. The van der Waals surface area contributed by atoms with Crippen LogP contribution in [0.1, 0.15) is 21.5 Å². The number of ether oxygens (including phenoxy) is 2. The highest BCUT2D eigenvalue weighted by atomic mass is 16.6. The van der Waals surface area contributed by atoms with Crippen LogP contribution in [0.4, 0.5) is 0 Å². The molecule has 0 saturated carbocycles. The molecule has 2 rings (SSSR count). The van der Waals surface area contributed by atoms with Crippen LogP contribution in [-0.4, -0.2) is 23.7 Å². The summed E-state index contributed by atoms with van der Waals surface area (Å²) in [5.74, 6) is -1.25. The van der Waals surface area contributed by atoms with E-state index >= 15 is 0 Å². The Morgan fingerprint density at radius 3 is 2.45 bits per heavy atom. The third-order valence-electron chi connectivity index (χ3n) is 3.18. The van der Waals surface area contributed by atoms with Crippen molar-refractivity contribution in [2.24, 2.45) is 0 Å². The molecular weight excluding hydrogens is 284 g/mol. The molecule has 0 spiro atoms. The van der Waals surface area contributed by atoms with Crippen LogP contribution in [0, 0.1) is 13.8 Å². The molecule has 0 aliphatic rings. The van der Waals surface area contributed by atoms with E-state index < -0.39 is 11.9 Å². The van der Waals surface area contributed by atoms with Crippen LogP contribution in [-0.2, 0) is 4.79 Å². The summed E-state index contributed by atoms with van der Waals surface area (Å²) in [5, 5.41) is 9.02. The van der Waals surface area contributed by atoms with Gasteiger partial charge in [-0.25, -0.2) is 9.59 Å². The number of carbonyl (C=O) groups is 2. The van der Waals surface area contributed by atoms with Crippen molar-refractivity contribution in [1.29, 1.82) is 0 Å². The Morgan fingerprint density at radius 2 is 1.77 bits per heavy atom. The Balaban J connectivity index is 1.99. The lowest BCUT2D eigenvalue weighted by atomic mass is 10.1. The van der Waals surface area contributed by atoms with Gasteiger partial charge in [0.2, 0.25) is 0 Å². The molecule has 22 heavy (non-hydrogen) atoms. The third kappa shape index (κ3) is 3.85. The number of rotatable bonds is 5. The van der Waals surface area contributed by atoms with E-state index in [0.717, 1.165) is 11.1 Å². The van der Waals surface area contributed by atoms with Crippen LogP contribution >= 0.6 is 0 Å². The molecule has 2 aromatic carbocycles. The van der Waals surface area contributed by atoms with Gasteiger partial charge in [-0.3, -0.25) is 0 Å². The van der Waals surface area contributed by atoms with Crippen molar-refractivity contribution < 1.29 is 24.2 Å². The molecule has 0 bridgehead atoms. The highest BCUT2D eigenvalue weighted by molar-refractivity contribution is 5.92. The molecule has 2 aromatic rings. The maximum Gasteiger partial charge on any atom is 0.349 e. The van der Waals surface area contributed by atoms with Crippen LogP contribution in [0.15, 0.2) is 42.5 Å².